The van der Waals surface area contributed by atoms with Gasteiger partial charge < -0.3 is 14.4 Å². The normalized spacial score (nSPS) is 10.9. The molecule has 0 N–H and O–H groups in total. The third-order valence-electron chi connectivity index (χ3n) is 6.74. The van der Waals surface area contributed by atoms with Crippen LogP contribution in [0.15, 0.2) is 78.9 Å². The van der Waals surface area contributed by atoms with Gasteiger partial charge in [0.2, 0.25) is 0 Å². The topological polar surface area (TPSA) is 21.7 Å². The lowest BCUT2D eigenvalue weighted by Crippen LogP contribution is -2.10. The molecule has 37 heavy (non-hydrogen) atoms. The van der Waals surface area contributed by atoms with Crippen molar-refractivity contribution in [1.29, 1.82) is 0 Å². The Morgan fingerprint density at radius 2 is 0.811 bits per heavy atom. The highest BCUT2D eigenvalue weighted by Crippen LogP contribution is 2.36. The standard InChI is InChI=1S/C34H47NO2/c1-3-5-7-9-11-16-28-36-33-24-20-31(21-25-33)35(30-18-14-13-15-19-30)32-22-26-34(27-23-32)37-29-17-12-10-8-6-4-2/h13-15,18-27H,3-12,16-17,28-29H2,1-2H3. The number of hydrogen-bond acceptors (Lipinski definition) is 3. The van der Waals surface area contributed by atoms with E-state index in [1.807, 2.05) is 0 Å². The van der Waals surface area contributed by atoms with Crippen LogP contribution in [0.3, 0.4) is 0 Å². The first-order chi connectivity index (χ1) is 18.3. The molecule has 0 aliphatic carbocycles. The van der Waals surface area contributed by atoms with Gasteiger partial charge in [-0.1, -0.05) is 96.3 Å². The lowest BCUT2D eigenvalue weighted by molar-refractivity contribution is 0.304. The van der Waals surface area contributed by atoms with Crippen molar-refractivity contribution in [2.24, 2.45) is 0 Å². The molecule has 200 valence electrons. The fraction of sp³-hybridized carbons (Fsp3) is 0.471. The first-order valence-electron chi connectivity index (χ1n) is 14.6. The first-order valence-corrected chi connectivity index (χ1v) is 14.6. The molecule has 0 saturated carbocycles. The van der Waals surface area contributed by atoms with Crippen molar-refractivity contribution in [2.45, 2.75) is 90.9 Å². The van der Waals surface area contributed by atoms with Crippen molar-refractivity contribution in [3.63, 3.8) is 0 Å². The van der Waals surface area contributed by atoms with E-state index in [1.54, 1.807) is 0 Å². The maximum Gasteiger partial charge on any atom is 0.119 e. The fourth-order valence-corrected chi connectivity index (χ4v) is 4.55. The van der Waals surface area contributed by atoms with E-state index in [9.17, 15) is 0 Å². The predicted octanol–water partition coefficient (Wildman–Crippen LogP) is 10.6. The molecule has 0 unspecified atom stereocenters. The summed E-state index contributed by atoms with van der Waals surface area (Å²) in [6.45, 7) is 6.09. The largest absolute Gasteiger partial charge is 0.494 e. The van der Waals surface area contributed by atoms with E-state index >= 15 is 0 Å². The minimum absolute atomic E-state index is 0.786. The Bertz CT molecular complexity index is 892. The lowest BCUT2D eigenvalue weighted by Gasteiger charge is -2.25. The first kappa shape index (κ1) is 28.6. The zero-order valence-electron chi connectivity index (χ0n) is 23.2. The van der Waals surface area contributed by atoms with E-state index in [2.05, 4.69) is 97.6 Å². The smallest absolute Gasteiger partial charge is 0.119 e. The predicted molar refractivity (Wildman–Crippen MR) is 159 cm³/mol. The van der Waals surface area contributed by atoms with Gasteiger partial charge in [-0.15, -0.1) is 0 Å². The summed E-state index contributed by atoms with van der Waals surface area (Å²) in [5.41, 5.74) is 3.35. The third kappa shape index (κ3) is 10.5. The maximum absolute atomic E-state index is 6.01. The molecule has 0 aliphatic rings. The Balaban J connectivity index is 1.57. The maximum atomic E-state index is 6.01. The summed E-state index contributed by atoms with van der Waals surface area (Å²) in [6, 6.07) is 27.4. The Hall–Kier alpha value is -2.94. The van der Waals surface area contributed by atoms with Gasteiger partial charge in [0.05, 0.1) is 13.2 Å². The van der Waals surface area contributed by atoms with Crippen molar-refractivity contribution in [2.75, 3.05) is 18.1 Å². The molecule has 3 rings (SSSR count). The van der Waals surface area contributed by atoms with Gasteiger partial charge in [-0.05, 0) is 73.5 Å². The molecule has 0 radical (unpaired) electrons. The van der Waals surface area contributed by atoms with E-state index in [4.69, 9.17) is 9.47 Å². The molecule has 0 bridgehead atoms. The number of unbranched alkanes of at least 4 members (excludes halogenated alkanes) is 10. The minimum Gasteiger partial charge on any atom is -0.494 e. The molecular weight excluding hydrogens is 454 g/mol. The van der Waals surface area contributed by atoms with E-state index in [1.165, 1.54) is 64.2 Å². The molecule has 0 amide bonds. The second kappa shape index (κ2) is 17.5. The monoisotopic (exact) mass is 501 g/mol. The summed E-state index contributed by atoms with van der Waals surface area (Å²) in [6.07, 6.45) is 15.3. The Kier molecular flexibility index (Phi) is 13.5. The molecule has 3 aromatic rings. The number of ether oxygens (including phenoxy) is 2. The van der Waals surface area contributed by atoms with Crippen LogP contribution in [-0.2, 0) is 0 Å². The van der Waals surface area contributed by atoms with Gasteiger partial charge in [0.25, 0.3) is 0 Å². The van der Waals surface area contributed by atoms with Crippen LogP contribution >= 0.6 is 0 Å². The Labute approximate surface area is 225 Å². The molecule has 0 aromatic heterocycles. The molecule has 0 heterocycles. The molecular formula is C34H47NO2. The van der Waals surface area contributed by atoms with Crippen LogP contribution in [0.1, 0.15) is 90.9 Å². The van der Waals surface area contributed by atoms with E-state index in [-0.39, 0.29) is 0 Å². The van der Waals surface area contributed by atoms with Crippen LogP contribution < -0.4 is 14.4 Å². The molecule has 0 atom stereocenters. The average Bonchev–Trinajstić information content (AvgIpc) is 2.94. The highest BCUT2D eigenvalue weighted by atomic mass is 16.5. The number of para-hydroxylation sites is 1. The Morgan fingerprint density at radius 3 is 1.24 bits per heavy atom. The number of benzene rings is 3. The second-order valence-electron chi connectivity index (χ2n) is 9.89. The van der Waals surface area contributed by atoms with Gasteiger partial charge in [-0.3, -0.25) is 0 Å². The molecule has 0 saturated heterocycles. The van der Waals surface area contributed by atoms with Gasteiger partial charge in [0, 0.05) is 17.1 Å². The van der Waals surface area contributed by atoms with Crippen molar-refractivity contribution in [1.82, 2.24) is 0 Å². The molecule has 3 nitrogen and oxygen atoms in total. The van der Waals surface area contributed by atoms with E-state index in [0.717, 1.165) is 54.6 Å². The van der Waals surface area contributed by atoms with Crippen molar-refractivity contribution >= 4 is 17.1 Å². The zero-order valence-corrected chi connectivity index (χ0v) is 23.2. The van der Waals surface area contributed by atoms with Crippen LogP contribution in [0, 0.1) is 0 Å². The van der Waals surface area contributed by atoms with Crippen molar-refractivity contribution in [3.05, 3.63) is 78.9 Å². The van der Waals surface area contributed by atoms with Crippen LogP contribution in [0.25, 0.3) is 0 Å². The van der Waals surface area contributed by atoms with E-state index < -0.39 is 0 Å². The number of nitrogens with zero attached hydrogens (tertiary/aromatic N) is 1. The highest BCUT2D eigenvalue weighted by molar-refractivity contribution is 5.76. The zero-order chi connectivity index (χ0) is 26.0. The molecule has 0 spiro atoms. The van der Waals surface area contributed by atoms with Crippen LogP contribution in [-0.4, -0.2) is 13.2 Å². The van der Waals surface area contributed by atoms with E-state index in [0.29, 0.717) is 0 Å². The van der Waals surface area contributed by atoms with Crippen LogP contribution in [0.2, 0.25) is 0 Å². The quantitative estimate of drug-likeness (QED) is 0.152. The summed E-state index contributed by atoms with van der Waals surface area (Å²) < 4.78 is 12.0. The van der Waals surface area contributed by atoms with Crippen LogP contribution in [0.4, 0.5) is 17.1 Å². The van der Waals surface area contributed by atoms with Gasteiger partial charge in [-0.25, -0.2) is 0 Å². The summed E-state index contributed by atoms with van der Waals surface area (Å²) in [7, 11) is 0. The van der Waals surface area contributed by atoms with Crippen LogP contribution in [0.5, 0.6) is 11.5 Å². The Morgan fingerprint density at radius 1 is 0.432 bits per heavy atom. The molecule has 0 aliphatic heterocycles. The van der Waals surface area contributed by atoms with Gasteiger partial charge in [-0.2, -0.15) is 0 Å². The van der Waals surface area contributed by atoms with Crippen molar-refractivity contribution in [3.8, 4) is 11.5 Å². The molecule has 3 heteroatoms. The summed E-state index contributed by atoms with van der Waals surface area (Å²) >= 11 is 0. The minimum atomic E-state index is 0.786. The fourth-order valence-electron chi connectivity index (χ4n) is 4.55. The lowest BCUT2D eigenvalue weighted by atomic mass is 10.1. The third-order valence-corrected chi connectivity index (χ3v) is 6.74. The number of hydrogen-bond donors (Lipinski definition) is 0. The van der Waals surface area contributed by atoms with Gasteiger partial charge >= 0.3 is 0 Å². The summed E-state index contributed by atoms with van der Waals surface area (Å²) in [4.78, 5) is 2.27. The molecule has 0 fully saturated rings. The number of rotatable bonds is 19. The SMILES string of the molecule is CCCCCCCCOc1ccc(N(c2ccccc2)c2ccc(OCCCCCCCC)cc2)cc1. The van der Waals surface area contributed by atoms with Crippen molar-refractivity contribution < 1.29 is 9.47 Å². The summed E-state index contributed by atoms with van der Waals surface area (Å²) in [5, 5.41) is 0. The number of anilines is 3. The summed E-state index contributed by atoms with van der Waals surface area (Å²) in [5.74, 6) is 1.87. The average molecular weight is 502 g/mol. The second-order valence-corrected chi connectivity index (χ2v) is 9.89. The van der Waals surface area contributed by atoms with Gasteiger partial charge in [0.1, 0.15) is 11.5 Å². The molecule has 3 aromatic carbocycles. The van der Waals surface area contributed by atoms with Gasteiger partial charge in [0.15, 0.2) is 0 Å². The highest BCUT2D eigenvalue weighted by Gasteiger charge is 2.12.